The van der Waals surface area contributed by atoms with Gasteiger partial charge in [0, 0.05) is 30.1 Å². The van der Waals surface area contributed by atoms with Gasteiger partial charge in [-0.3, -0.25) is 4.79 Å². The number of thiophene rings is 1. The molecule has 0 aliphatic heterocycles. The van der Waals surface area contributed by atoms with Gasteiger partial charge in [-0.15, -0.1) is 11.3 Å². The fraction of sp³-hybridized carbons (Fsp3) is 0.250. The fourth-order valence-corrected chi connectivity index (χ4v) is 4.72. The van der Waals surface area contributed by atoms with Crippen molar-refractivity contribution in [3.05, 3.63) is 75.9 Å². The van der Waals surface area contributed by atoms with Crippen molar-refractivity contribution in [3.8, 4) is 11.6 Å². The molecule has 0 bridgehead atoms. The number of fused-ring (bicyclic) bond motifs is 1. The minimum absolute atomic E-state index is 0.135. The van der Waals surface area contributed by atoms with E-state index in [1.807, 2.05) is 19.9 Å². The fourth-order valence-electron chi connectivity index (χ4n) is 3.56. The summed E-state index contributed by atoms with van der Waals surface area (Å²) in [6.07, 6.45) is 3.93. The van der Waals surface area contributed by atoms with Crippen molar-refractivity contribution in [2.45, 2.75) is 39.2 Å². The maximum atomic E-state index is 13.0. The number of ether oxygens (including phenoxy) is 1. The quantitative estimate of drug-likeness (QED) is 0.425. The molecule has 6 nitrogen and oxygen atoms in total. The van der Waals surface area contributed by atoms with Gasteiger partial charge in [0.2, 0.25) is 5.88 Å². The molecule has 0 unspecified atom stereocenters. The van der Waals surface area contributed by atoms with Gasteiger partial charge in [0.1, 0.15) is 22.2 Å². The maximum Gasteiger partial charge on any atom is 0.261 e. The predicted molar refractivity (Wildman–Crippen MR) is 121 cm³/mol. The summed E-state index contributed by atoms with van der Waals surface area (Å²) in [7, 11) is 0. The third-order valence-corrected chi connectivity index (χ3v) is 6.61. The van der Waals surface area contributed by atoms with Crippen LogP contribution in [0, 0.1) is 19.7 Å². The van der Waals surface area contributed by atoms with E-state index in [9.17, 15) is 9.18 Å². The van der Waals surface area contributed by atoms with Crippen LogP contribution in [0.5, 0.6) is 11.6 Å². The first kappa shape index (κ1) is 20.5. The van der Waals surface area contributed by atoms with Crippen LogP contribution >= 0.6 is 11.3 Å². The van der Waals surface area contributed by atoms with Gasteiger partial charge in [0.15, 0.2) is 0 Å². The number of aromatic nitrogens is 3. The van der Waals surface area contributed by atoms with Crippen molar-refractivity contribution in [3.63, 3.8) is 0 Å². The largest absolute Gasteiger partial charge is 0.439 e. The van der Waals surface area contributed by atoms with Crippen LogP contribution in [0.2, 0.25) is 0 Å². The van der Waals surface area contributed by atoms with Crippen LogP contribution in [0.15, 0.2) is 42.6 Å². The number of nitrogens with zero attached hydrogens (tertiary/aromatic N) is 3. The summed E-state index contributed by atoms with van der Waals surface area (Å²) >= 11 is 1.42. The van der Waals surface area contributed by atoms with Crippen LogP contribution in [0.1, 0.15) is 51.1 Å². The number of pyridine rings is 1. The van der Waals surface area contributed by atoms with Gasteiger partial charge in [-0.1, -0.05) is 6.07 Å². The lowest BCUT2D eigenvalue weighted by Gasteiger charge is -2.07. The summed E-state index contributed by atoms with van der Waals surface area (Å²) in [5.41, 5.74) is 2.70. The van der Waals surface area contributed by atoms with Crippen LogP contribution in [-0.2, 0) is 6.54 Å². The van der Waals surface area contributed by atoms with E-state index in [1.165, 1.54) is 35.6 Å². The Morgan fingerprint density at radius 3 is 2.62 bits per heavy atom. The summed E-state index contributed by atoms with van der Waals surface area (Å²) in [5, 5.41) is 3.94. The number of halogens is 1. The zero-order valence-corrected chi connectivity index (χ0v) is 18.5. The Labute approximate surface area is 188 Å². The van der Waals surface area contributed by atoms with E-state index >= 15 is 0 Å². The van der Waals surface area contributed by atoms with Crippen LogP contribution in [0.4, 0.5) is 4.39 Å². The molecule has 162 valence electrons. The molecule has 3 aromatic heterocycles. The Bertz CT molecular complexity index is 1300. The number of hydrogen-bond donors (Lipinski definition) is 1. The van der Waals surface area contributed by atoms with E-state index in [0.717, 1.165) is 45.7 Å². The molecule has 1 aliphatic rings. The van der Waals surface area contributed by atoms with Crippen molar-refractivity contribution >= 4 is 27.5 Å². The highest BCUT2D eigenvalue weighted by atomic mass is 32.1. The van der Waals surface area contributed by atoms with Crippen LogP contribution in [0.25, 0.3) is 10.2 Å². The number of rotatable bonds is 6. The first-order valence-electron chi connectivity index (χ1n) is 10.4. The van der Waals surface area contributed by atoms with Gasteiger partial charge in [-0.25, -0.2) is 19.3 Å². The zero-order valence-electron chi connectivity index (χ0n) is 17.7. The van der Waals surface area contributed by atoms with E-state index in [1.54, 1.807) is 12.3 Å². The highest BCUT2D eigenvalue weighted by Crippen LogP contribution is 2.40. The number of aryl methyl sites for hydroxylation is 2. The molecule has 1 aliphatic carbocycles. The number of nitrogens with one attached hydrogen (secondary N) is 1. The number of amides is 1. The van der Waals surface area contributed by atoms with Gasteiger partial charge in [-0.2, -0.15) is 0 Å². The standard InChI is InChI=1S/C24H21FN4O2S/c1-13-20-14(2)28-22(16-4-5-16)29-24(20)32-21(13)23(30)27-12-15-3-10-19(26-11-15)31-18-8-6-17(25)7-9-18/h3,6-11,16H,4-5,12H2,1-2H3,(H,27,30). The SMILES string of the molecule is Cc1nc(C2CC2)nc2sc(C(=O)NCc3ccc(Oc4ccc(F)cc4)nc3)c(C)c12. The van der Waals surface area contributed by atoms with Gasteiger partial charge in [0.05, 0.1) is 10.6 Å². The molecule has 4 aromatic rings. The lowest BCUT2D eigenvalue weighted by Crippen LogP contribution is -2.22. The monoisotopic (exact) mass is 448 g/mol. The van der Waals surface area contributed by atoms with Gasteiger partial charge < -0.3 is 10.1 Å². The lowest BCUT2D eigenvalue weighted by atomic mass is 10.1. The Kier molecular flexibility index (Phi) is 5.30. The third kappa shape index (κ3) is 4.18. The van der Waals surface area contributed by atoms with E-state index in [-0.39, 0.29) is 11.7 Å². The highest BCUT2D eigenvalue weighted by Gasteiger charge is 2.28. The molecule has 1 N–H and O–H groups in total. The van der Waals surface area contributed by atoms with Gasteiger partial charge >= 0.3 is 0 Å². The summed E-state index contributed by atoms with van der Waals surface area (Å²) < 4.78 is 18.6. The molecular formula is C24H21FN4O2S. The molecule has 1 saturated carbocycles. The Morgan fingerprint density at radius 2 is 1.94 bits per heavy atom. The molecule has 32 heavy (non-hydrogen) atoms. The van der Waals surface area contributed by atoms with Crippen molar-refractivity contribution < 1.29 is 13.9 Å². The molecule has 1 amide bonds. The minimum atomic E-state index is -0.323. The first-order valence-corrected chi connectivity index (χ1v) is 11.2. The van der Waals surface area contributed by atoms with Gasteiger partial charge in [0.25, 0.3) is 5.91 Å². The topological polar surface area (TPSA) is 77.0 Å². The van der Waals surface area contributed by atoms with Crippen molar-refractivity contribution in [2.75, 3.05) is 0 Å². The van der Waals surface area contributed by atoms with E-state index < -0.39 is 0 Å². The molecule has 0 saturated heterocycles. The molecule has 5 rings (SSSR count). The smallest absolute Gasteiger partial charge is 0.261 e. The molecule has 1 aromatic carbocycles. The second kappa shape index (κ2) is 8.27. The van der Waals surface area contributed by atoms with Crippen molar-refractivity contribution in [1.82, 2.24) is 20.3 Å². The summed E-state index contributed by atoms with van der Waals surface area (Å²) in [6.45, 7) is 4.27. The number of carbonyl (C=O) groups is 1. The van der Waals surface area contributed by atoms with Crippen LogP contribution in [-0.4, -0.2) is 20.9 Å². The summed E-state index contributed by atoms with van der Waals surface area (Å²) in [4.78, 5) is 28.0. The molecule has 3 heterocycles. The van der Waals surface area contributed by atoms with Crippen LogP contribution in [0.3, 0.4) is 0 Å². The Hall–Kier alpha value is -3.39. The zero-order chi connectivity index (χ0) is 22.2. The molecular weight excluding hydrogens is 427 g/mol. The second-order valence-corrected chi connectivity index (χ2v) is 8.92. The number of carbonyl (C=O) groups excluding carboxylic acids is 1. The lowest BCUT2D eigenvalue weighted by molar-refractivity contribution is 0.0954. The van der Waals surface area contributed by atoms with E-state index in [2.05, 4.69) is 15.3 Å². The predicted octanol–water partition coefficient (Wildman–Crippen LogP) is 5.44. The van der Waals surface area contributed by atoms with Crippen LogP contribution < -0.4 is 10.1 Å². The van der Waals surface area contributed by atoms with E-state index in [0.29, 0.717) is 29.0 Å². The molecule has 0 radical (unpaired) electrons. The molecule has 8 heteroatoms. The molecule has 1 fully saturated rings. The molecule has 0 spiro atoms. The second-order valence-electron chi connectivity index (χ2n) is 7.92. The summed E-state index contributed by atoms with van der Waals surface area (Å²) in [6, 6.07) is 9.29. The molecule has 0 atom stereocenters. The minimum Gasteiger partial charge on any atom is -0.439 e. The van der Waals surface area contributed by atoms with Gasteiger partial charge in [-0.05, 0) is 62.1 Å². The first-order chi connectivity index (χ1) is 15.5. The average molecular weight is 449 g/mol. The maximum absolute atomic E-state index is 13.0. The van der Waals surface area contributed by atoms with Crippen molar-refractivity contribution in [1.29, 1.82) is 0 Å². The normalized spacial score (nSPS) is 13.3. The Balaban J connectivity index is 1.26. The van der Waals surface area contributed by atoms with Crippen molar-refractivity contribution in [2.24, 2.45) is 0 Å². The number of benzene rings is 1. The Morgan fingerprint density at radius 1 is 1.16 bits per heavy atom. The highest BCUT2D eigenvalue weighted by molar-refractivity contribution is 7.20. The number of hydrogen-bond acceptors (Lipinski definition) is 6. The van der Waals surface area contributed by atoms with E-state index in [4.69, 9.17) is 9.72 Å². The summed E-state index contributed by atoms with van der Waals surface area (Å²) in [5.74, 6) is 1.81. The average Bonchev–Trinajstić information content (AvgIpc) is 3.58. The third-order valence-electron chi connectivity index (χ3n) is 5.42.